The molecule has 0 spiro atoms. The van der Waals surface area contributed by atoms with Crippen LogP contribution in [0.3, 0.4) is 0 Å². The van der Waals surface area contributed by atoms with Crippen LogP contribution in [0.25, 0.3) is 11.0 Å². The number of H-pyrrole nitrogens is 1. The molecule has 7 nitrogen and oxygen atoms in total. The molecule has 2 N–H and O–H groups in total. The van der Waals surface area contributed by atoms with Gasteiger partial charge >= 0.3 is 0 Å². The van der Waals surface area contributed by atoms with Crippen molar-refractivity contribution in [2.75, 3.05) is 13.7 Å². The number of para-hydroxylation sites is 2. The highest BCUT2D eigenvalue weighted by molar-refractivity contribution is 5.94. The Balaban J connectivity index is 1.53. The van der Waals surface area contributed by atoms with Gasteiger partial charge < -0.3 is 14.6 Å². The number of benzene rings is 1. The fraction of sp³-hybridized carbons (Fsp3) is 0.450. The highest BCUT2D eigenvalue weighted by Gasteiger charge is 2.21. The number of hydrogen-bond acceptors (Lipinski definition) is 4. The summed E-state index contributed by atoms with van der Waals surface area (Å²) in [4.78, 5) is 17.4. The molecule has 4 rings (SSSR count). The lowest BCUT2D eigenvalue weighted by molar-refractivity contribution is 0.0943. The van der Waals surface area contributed by atoms with Crippen molar-refractivity contribution in [3.63, 3.8) is 0 Å². The lowest BCUT2D eigenvalue weighted by Gasteiger charge is -2.09. The molecular formula is C20H25N5O2. The fourth-order valence-electron chi connectivity index (χ4n) is 3.78. The molecule has 0 saturated carbocycles. The lowest BCUT2D eigenvalue weighted by Crippen LogP contribution is -2.26. The highest BCUT2D eigenvalue weighted by atomic mass is 16.5. The van der Waals surface area contributed by atoms with Crippen LogP contribution >= 0.6 is 0 Å². The first-order chi connectivity index (χ1) is 13.3. The van der Waals surface area contributed by atoms with Crippen LogP contribution in [0.15, 0.2) is 24.3 Å². The molecule has 7 heteroatoms. The number of aromatic nitrogens is 4. The summed E-state index contributed by atoms with van der Waals surface area (Å²) in [5.41, 5.74) is 4.70. The zero-order chi connectivity index (χ0) is 18.6. The third kappa shape index (κ3) is 3.60. The van der Waals surface area contributed by atoms with Crippen LogP contribution in [0.2, 0.25) is 0 Å². The minimum absolute atomic E-state index is 0.139. The smallest absolute Gasteiger partial charge is 0.272 e. The first-order valence-electron chi connectivity index (χ1n) is 9.55. The molecule has 0 radical (unpaired) electrons. The zero-order valence-electron chi connectivity index (χ0n) is 15.6. The Morgan fingerprint density at radius 3 is 3.00 bits per heavy atom. The second-order valence-corrected chi connectivity index (χ2v) is 6.93. The molecule has 0 unspecified atom stereocenters. The van der Waals surface area contributed by atoms with Gasteiger partial charge in [-0.2, -0.15) is 5.10 Å². The van der Waals surface area contributed by atoms with Crippen molar-refractivity contribution in [3.8, 4) is 0 Å². The highest BCUT2D eigenvalue weighted by Crippen LogP contribution is 2.22. The summed E-state index contributed by atoms with van der Waals surface area (Å²) in [6.45, 7) is 1.65. The maximum Gasteiger partial charge on any atom is 0.272 e. The van der Waals surface area contributed by atoms with Gasteiger partial charge in [0.25, 0.3) is 5.91 Å². The number of carbonyl (C=O) groups excluding carboxylic acids is 1. The summed E-state index contributed by atoms with van der Waals surface area (Å²) in [5, 5.41) is 10.3. The van der Waals surface area contributed by atoms with Gasteiger partial charge in [0.2, 0.25) is 0 Å². The number of hydrogen-bond donors (Lipinski definition) is 2. The van der Waals surface area contributed by atoms with Gasteiger partial charge in [-0.05, 0) is 37.8 Å². The third-order valence-corrected chi connectivity index (χ3v) is 5.18. The monoisotopic (exact) mass is 367 g/mol. The standard InChI is InChI=1S/C20H25N5O2/c1-27-12-11-25-17-10-6-5-9-16(17)22-18(25)13-21-20(26)19-14-7-3-2-4-8-15(14)23-24-19/h5-6,9-10H,2-4,7-8,11-13H2,1H3,(H,21,26)(H,23,24). The average molecular weight is 367 g/mol. The topological polar surface area (TPSA) is 84.8 Å². The van der Waals surface area contributed by atoms with E-state index in [-0.39, 0.29) is 5.91 Å². The Morgan fingerprint density at radius 2 is 2.11 bits per heavy atom. The second kappa shape index (κ2) is 7.92. The van der Waals surface area contributed by atoms with Crippen LogP contribution in [0.5, 0.6) is 0 Å². The SMILES string of the molecule is COCCn1c(CNC(=O)c2n[nH]c3c2CCCCC3)nc2ccccc21. The van der Waals surface area contributed by atoms with Gasteiger partial charge in [-0.25, -0.2) is 4.98 Å². The molecule has 3 aromatic rings. The summed E-state index contributed by atoms with van der Waals surface area (Å²) < 4.78 is 7.33. The minimum Gasteiger partial charge on any atom is -0.383 e. The van der Waals surface area contributed by atoms with Crippen molar-refractivity contribution in [1.29, 1.82) is 0 Å². The Bertz CT molecular complexity index is 943. The molecule has 1 aromatic carbocycles. The van der Waals surface area contributed by atoms with E-state index < -0.39 is 0 Å². The Hall–Kier alpha value is -2.67. The van der Waals surface area contributed by atoms with Crippen LogP contribution in [0.4, 0.5) is 0 Å². The van der Waals surface area contributed by atoms with Gasteiger partial charge in [-0.3, -0.25) is 9.89 Å². The van der Waals surface area contributed by atoms with Crippen molar-refractivity contribution in [2.24, 2.45) is 0 Å². The zero-order valence-corrected chi connectivity index (χ0v) is 15.6. The molecule has 2 heterocycles. The minimum atomic E-state index is -0.139. The fourth-order valence-corrected chi connectivity index (χ4v) is 3.78. The van der Waals surface area contributed by atoms with Gasteiger partial charge in [-0.15, -0.1) is 0 Å². The van der Waals surface area contributed by atoms with Gasteiger partial charge in [0.05, 0.1) is 24.2 Å². The Labute approximate surface area is 158 Å². The predicted octanol–water partition coefficient (Wildman–Crippen LogP) is 2.60. The first-order valence-corrected chi connectivity index (χ1v) is 9.55. The van der Waals surface area contributed by atoms with Crippen LogP contribution < -0.4 is 5.32 Å². The molecule has 2 aromatic heterocycles. The van der Waals surface area contributed by atoms with Crippen LogP contribution in [-0.2, 0) is 30.7 Å². The number of imidazole rings is 1. The summed E-state index contributed by atoms with van der Waals surface area (Å²) in [5.74, 6) is 0.683. The number of nitrogens with one attached hydrogen (secondary N) is 2. The maximum atomic E-state index is 12.7. The van der Waals surface area contributed by atoms with E-state index in [9.17, 15) is 4.79 Å². The number of amides is 1. The maximum absolute atomic E-state index is 12.7. The van der Waals surface area contributed by atoms with Crippen molar-refractivity contribution < 1.29 is 9.53 Å². The molecule has 27 heavy (non-hydrogen) atoms. The summed E-state index contributed by atoms with van der Waals surface area (Å²) in [6.07, 6.45) is 5.36. The van der Waals surface area contributed by atoms with E-state index in [2.05, 4.69) is 25.1 Å². The van der Waals surface area contributed by atoms with Gasteiger partial charge in [0.15, 0.2) is 5.69 Å². The van der Waals surface area contributed by atoms with E-state index in [1.807, 2.05) is 24.3 Å². The van der Waals surface area contributed by atoms with E-state index in [0.29, 0.717) is 25.4 Å². The first kappa shape index (κ1) is 17.7. The normalized spacial score (nSPS) is 14.1. The summed E-state index contributed by atoms with van der Waals surface area (Å²) >= 11 is 0. The van der Waals surface area contributed by atoms with E-state index in [0.717, 1.165) is 53.8 Å². The molecule has 0 aliphatic heterocycles. The molecule has 142 valence electrons. The van der Waals surface area contributed by atoms with Crippen molar-refractivity contribution >= 4 is 16.9 Å². The van der Waals surface area contributed by atoms with Gasteiger partial charge in [0, 0.05) is 24.9 Å². The number of aryl methyl sites for hydroxylation is 1. The van der Waals surface area contributed by atoms with E-state index in [4.69, 9.17) is 4.74 Å². The van der Waals surface area contributed by atoms with Crippen LogP contribution in [0.1, 0.15) is 46.8 Å². The molecule has 1 aliphatic carbocycles. The number of aromatic amines is 1. The van der Waals surface area contributed by atoms with Crippen molar-refractivity contribution in [1.82, 2.24) is 25.1 Å². The van der Waals surface area contributed by atoms with Crippen LogP contribution in [0, 0.1) is 0 Å². The van der Waals surface area contributed by atoms with Crippen molar-refractivity contribution in [3.05, 3.63) is 47.0 Å². The largest absolute Gasteiger partial charge is 0.383 e. The molecular weight excluding hydrogens is 342 g/mol. The molecule has 0 atom stereocenters. The van der Waals surface area contributed by atoms with Crippen molar-refractivity contribution in [2.45, 2.75) is 45.2 Å². The number of fused-ring (bicyclic) bond motifs is 2. The molecule has 0 bridgehead atoms. The molecule has 0 saturated heterocycles. The second-order valence-electron chi connectivity index (χ2n) is 6.93. The average Bonchev–Trinajstić information content (AvgIpc) is 3.17. The number of methoxy groups -OCH3 is 1. The quantitative estimate of drug-likeness (QED) is 0.656. The lowest BCUT2D eigenvalue weighted by atomic mass is 10.1. The van der Waals surface area contributed by atoms with E-state index in [1.165, 1.54) is 6.42 Å². The summed E-state index contributed by atoms with van der Waals surface area (Å²) in [6, 6.07) is 7.99. The Kier molecular flexibility index (Phi) is 5.20. The van der Waals surface area contributed by atoms with E-state index >= 15 is 0 Å². The van der Waals surface area contributed by atoms with Crippen LogP contribution in [-0.4, -0.2) is 39.4 Å². The van der Waals surface area contributed by atoms with E-state index in [1.54, 1.807) is 7.11 Å². The Morgan fingerprint density at radius 1 is 1.26 bits per heavy atom. The van der Waals surface area contributed by atoms with Gasteiger partial charge in [0.1, 0.15) is 5.82 Å². The molecule has 1 aliphatic rings. The number of carbonyl (C=O) groups is 1. The molecule has 1 amide bonds. The number of ether oxygens (including phenoxy) is 1. The predicted molar refractivity (Wildman–Crippen MR) is 103 cm³/mol. The molecule has 0 fully saturated rings. The summed E-state index contributed by atoms with van der Waals surface area (Å²) in [7, 11) is 1.68. The van der Waals surface area contributed by atoms with Gasteiger partial charge in [-0.1, -0.05) is 18.6 Å². The third-order valence-electron chi connectivity index (χ3n) is 5.18. The number of rotatable bonds is 6. The number of nitrogens with zero attached hydrogens (tertiary/aromatic N) is 3.